The second-order valence-electron chi connectivity index (χ2n) is 6.83. The van der Waals surface area contributed by atoms with Crippen LogP contribution in [0.4, 0.5) is 4.39 Å². The third-order valence-corrected chi connectivity index (χ3v) is 5.46. The zero-order valence-electron chi connectivity index (χ0n) is 12.9. The van der Waals surface area contributed by atoms with E-state index in [0.717, 1.165) is 43.6 Å². The van der Waals surface area contributed by atoms with Gasteiger partial charge < -0.3 is 5.73 Å². The zero-order valence-corrected chi connectivity index (χ0v) is 12.9. The number of nitrogens with zero attached hydrogens (tertiary/aromatic N) is 1. The molecule has 3 rings (SSSR count). The Balaban J connectivity index is 1.76. The van der Waals surface area contributed by atoms with Crippen LogP contribution < -0.4 is 5.73 Å². The van der Waals surface area contributed by atoms with Crippen LogP contribution in [0.15, 0.2) is 18.2 Å². The fourth-order valence-corrected chi connectivity index (χ4v) is 4.03. The van der Waals surface area contributed by atoms with Crippen molar-refractivity contribution in [3.63, 3.8) is 0 Å². The lowest BCUT2D eigenvalue weighted by Crippen LogP contribution is -2.32. The summed E-state index contributed by atoms with van der Waals surface area (Å²) in [5.74, 6) is -0.0437. The maximum atomic E-state index is 14.5. The molecular formula is C18H27FN2. The van der Waals surface area contributed by atoms with E-state index in [2.05, 4.69) is 11.0 Å². The SMILES string of the molecule is NCC1(c2ccc(CN3CCCCC3)c(F)c2)CCCC1. The minimum Gasteiger partial charge on any atom is -0.330 e. The maximum Gasteiger partial charge on any atom is 0.127 e. The fourth-order valence-electron chi connectivity index (χ4n) is 4.03. The maximum absolute atomic E-state index is 14.5. The number of hydrogen-bond donors (Lipinski definition) is 1. The van der Waals surface area contributed by atoms with Gasteiger partial charge in [-0.25, -0.2) is 4.39 Å². The lowest BCUT2D eigenvalue weighted by molar-refractivity contribution is 0.218. The van der Waals surface area contributed by atoms with Crippen LogP contribution in [0.2, 0.25) is 0 Å². The number of piperidine rings is 1. The summed E-state index contributed by atoms with van der Waals surface area (Å²) in [6.45, 7) is 3.60. The van der Waals surface area contributed by atoms with E-state index < -0.39 is 0 Å². The second kappa shape index (κ2) is 6.45. The molecular weight excluding hydrogens is 263 g/mol. The van der Waals surface area contributed by atoms with Gasteiger partial charge in [0.1, 0.15) is 5.82 Å². The molecule has 2 aliphatic rings. The minimum absolute atomic E-state index is 0.0322. The summed E-state index contributed by atoms with van der Waals surface area (Å²) in [6.07, 6.45) is 8.45. The van der Waals surface area contributed by atoms with Gasteiger partial charge >= 0.3 is 0 Å². The van der Waals surface area contributed by atoms with Crippen LogP contribution in [0, 0.1) is 5.82 Å². The Labute approximate surface area is 127 Å². The molecule has 3 heteroatoms. The van der Waals surface area contributed by atoms with Crippen LogP contribution >= 0.6 is 0 Å². The molecule has 0 aromatic heterocycles. The van der Waals surface area contributed by atoms with E-state index in [4.69, 9.17) is 5.73 Å². The molecule has 0 spiro atoms. The number of hydrogen-bond acceptors (Lipinski definition) is 2. The summed E-state index contributed by atoms with van der Waals surface area (Å²) in [5.41, 5.74) is 7.99. The van der Waals surface area contributed by atoms with Crippen molar-refractivity contribution >= 4 is 0 Å². The van der Waals surface area contributed by atoms with Crippen LogP contribution in [0.5, 0.6) is 0 Å². The Kier molecular flexibility index (Phi) is 4.60. The zero-order chi connectivity index (χ0) is 14.7. The van der Waals surface area contributed by atoms with Gasteiger partial charge in [-0.2, -0.15) is 0 Å². The van der Waals surface area contributed by atoms with Gasteiger partial charge in [-0.1, -0.05) is 31.4 Å². The molecule has 0 radical (unpaired) electrons. The molecule has 0 amide bonds. The average Bonchev–Trinajstić information content (AvgIpc) is 3.00. The molecule has 1 aliphatic heterocycles. The Morgan fingerprint density at radius 3 is 2.38 bits per heavy atom. The normalized spacial score (nSPS) is 22.6. The van der Waals surface area contributed by atoms with Gasteiger partial charge in [0.15, 0.2) is 0 Å². The number of rotatable bonds is 4. The third kappa shape index (κ3) is 3.14. The van der Waals surface area contributed by atoms with Crippen molar-refractivity contribution in [2.24, 2.45) is 5.73 Å². The molecule has 1 aromatic carbocycles. The highest BCUT2D eigenvalue weighted by Gasteiger charge is 2.34. The topological polar surface area (TPSA) is 29.3 Å². The predicted molar refractivity (Wildman–Crippen MR) is 84.7 cm³/mol. The van der Waals surface area contributed by atoms with Crippen LogP contribution in [-0.4, -0.2) is 24.5 Å². The molecule has 2 fully saturated rings. The smallest absolute Gasteiger partial charge is 0.127 e. The van der Waals surface area contributed by atoms with Gasteiger partial charge in [-0.05, 0) is 50.4 Å². The number of halogens is 1. The van der Waals surface area contributed by atoms with Gasteiger partial charge in [0.05, 0.1) is 0 Å². The molecule has 1 aliphatic carbocycles. The molecule has 0 bridgehead atoms. The lowest BCUT2D eigenvalue weighted by Gasteiger charge is -2.29. The Hall–Kier alpha value is -0.930. The molecule has 2 nitrogen and oxygen atoms in total. The van der Waals surface area contributed by atoms with Crippen molar-refractivity contribution < 1.29 is 4.39 Å². The molecule has 1 heterocycles. The fraction of sp³-hybridized carbons (Fsp3) is 0.667. The first-order chi connectivity index (χ1) is 10.2. The first-order valence-electron chi connectivity index (χ1n) is 8.45. The molecule has 21 heavy (non-hydrogen) atoms. The first-order valence-corrected chi connectivity index (χ1v) is 8.45. The third-order valence-electron chi connectivity index (χ3n) is 5.46. The van der Waals surface area contributed by atoms with Crippen LogP contribution in [0.25, 0.3) is 0 Å². The summed E-state index contributed by atoms with van der Waals surface area (Å²) in [6, 6.07) is 5.88. The highest BCUT2D eigenvalue weighted by molar-refractivity contribution is 5.32. The molecule has 0 atom stereocenters. The molecule has 1 saturated heterocycles. The van der Waals surface area contributed by atoms with Crippen LogP contribution in [-0.2, 0) is 12.0 Å². The predicted octanol–water partition coefficient (Wildman–Crippen LogP) is 3.58. The molecule has 1 saturated carbocycles. The summed E-state index contributed by atoms with van der Waals surface area (Å²) in [5, 5.41) is 0. The molecule has 1 aromatic rings. The number of benzene rings is 1. The monoisotopic (exact) mass is 290 g/mol. The number of nitrogens with two attached hydrogens (primary N) is 1. The van der Waals surface area contributed by atoms with Crippen molar-refractivity contribution in [3.05, 3.63) is 35.1 Å². The van der Waals surface area contributed by atoms with Gasteiger partial charge in [0.25, 0.3) is 0 Å². The van der Waals surface area contributed by atoms with E-state index in [1.165, 1.54) is 32.1 Å². The van der Waals surface area contributed by atoms with E-state index in [9.17, 15) is 4.39 Å². The summed E-state index contributed by atoms with van der Waals surface area (Å²) >= 11 is 0. The number of likely N-dealkylation sites (tertiary alicyclic amines) is 1. The quantitative estimate of drug-likeness (QED) is 0.918. The van der Waals surface area contributed by atoms with E-state index in [1.54, 1.807) is 6.07 Å². The Morgan fingerprint density at radius 1 is 1.05 bits per heavy atom. The minimum atomic E-state index is -0.0437. The molecule has 116 valence electrons. The first kappa shape index (κ1) is 15.0. The van der Waals surface area contributed by atoms with Gasteiger partial charge in [-0.3, -0.25) is 4.90 Å². The average molecular weight is 290 g/mol. The summed E-state index contributed by atoms with van der Waals surface area (Å²) in [4.78, 5) is 2.37. The van der Waals surface area contributed by atoms with Gasteiger partial charge in [-0.15, -0.1) is 0 Å². The second-order valence-corrected chi connectivity index (χ2v) is 6.83. The highest BCUT2D eigenvalue weighted by atomic mass is 19.1. The summed E-state index contributed by atoms with van der Waals surface area (Å²) in [7, 11) is 0. The lowest BCUT2D eigenvalue weighted by atomic mass is 9.78. The Bertz CT molecular complexity index is 474. The van der Waals surface area contributed by atoms with Gasteiger partial charge in [0.2, 0.25) is 0 Å². The summed E-state index contributed by atoms with van der Waals surface area (Å²) < 4.78 is 14.5. The highest BCUT2D eigenvalue weighted by Crippen LogP contribution is 2.40. The van der Waals surface area contributed by atoms with E-state index in [-0.39, 0.29) is 11.2 Å². The molecule has 2 N–H and O–H groups in total. The van der Waals surface area contributed by atoms with Crippen molar-refractivity contribution in [2.45, 2.75) is 56.9 Å². The van der Waals surface area contributed by atoms with Crippen molar-refractivity contribution in [2.75, 3.05) is 19.6 Å². The van der Waals surface area contributed by atoms with E-state index in [0.29, 0.717) is 6.54 Å². The largest absolute Gasteiger partial charge is 0.330 e. The van der Waals surface area contributed by atoms with Crippen molar-refractivity contribution in [3.8, 4) is 0 Å². The Morgan fingerprint density at radius 2 is 1.76 bits per heavy atom. The standard InChI is InChI=1S/C18H27FN2/c19-17-12-16(18(14-20)8-2-3-9-18)7-6-15(17)13-21-10-4-1-5-11-21/h6-7,12H,1-5,8-11,13-14,20H2. The van der Waals surface area contributed by atoms with E-state index in [1.807, 2.05) is 6.07 Å². The van der Waals surface area contributed by atoms with E-state index >= 15 is 0 Å². The van der Waals surface area contributed by atoms with Crippen molar-refractivity contribution in [1.29, 1.82) is 0 Å². The van der Waals surface area contributed by atoms with Gasteiger partial charge in [0, 0.05) is 24.1 Å². The van der Waals surface area contributed by atoms with Crippen LogP contribution in [0.1, 0.15) is 56.1 Å². The molecule has 0 unspecified atom stereocenters. The van der Waals surface area contributed by atoms with Crippen molar-refractivity contribution in [1.82, 2.24) is 4.90 Å². The van der Waals surface area contributed by atoms with Crippen LogP contribution in [0.3, 0.4) is 0 Å².